The topological polar surface area (TPSA) is 95.9 Å². The van der Waals surface area contributed by atoms with Crippen LogP contribution in [0.25, 0.3) is 0 Å². The molecule has 19 heavy (non-hydrogen) atoms. The average molecular weight is 267 g/mol. The molecule has 1 aromatic carbocycles. The summed E-state index contributed by atoms with van der Waals surface area (Å²) in [4.78, 5) is 22.7. The molecule has 0 fully saturated rings. The van der Waals surface area contributed by atoms with Crippen LogP contribution in [0, 0.1) is 0 Å². The summed E-state index contributed by atoms with van der Waals surface area (Å²) in [7, 11) is 0. The van der Waals surface area contributed by atoms with Crippen LogP contribution in [0.4, 0.5) is 4.79 Å². The van der Waals surface area contributed by atoms with E-state index in [1.54, 1.807) is 20.8 Å². The predicted molar refractivity (Wildman–Crippen MR) is 67.9 cm³/mol. The first-order valence-corrected chi connectivity index (χ1v) is 5.70. The van der Waals surface area contributed by atoms with Crippen LogP contribution in [-0.2, 0) is 9.53 Å². The summed E-state index contributed by atoms with van der Waals surface area (Å²) in [6.45, 7) is 5.03. The fraction of sp³-hybridized carbons (Fsp3) is 0.385. The summed E-state index contributed by atoms with van der Waals surface area (Å²) in [6, 6.07) is 4.40. The number of aliphatic carboxylic acids is 1. The van der Waals surface area contributed by atoms with Crippen LogP contribution in [0.1, 0.15) is 32.4 Å². The fourth-order valence-corrected chi connectivity index (χ4v) is 1.42. The zero-order chi connectivity index (χ0) is 14.6. The van der Waals surface area contributed by atoms with Crippen molar-refractivity contribution in [3.63, 3.8) is 0 Å². The summed E-state index contributed by atoms with van der Waals surface area (Å²) in [5.41, 5.74) is -0.454. The van der Waals surface area contributed by atoms with Crippen molar-refractivity contribution in [3.05, 3.63) is 29.8 Å². The highest BCUT2D eigenvalue weighted by Gasteiger charge is 2.25. The van der Waals surface area contributed by atoms with Crippen molar-refractivity contribution in [2.24, 2.45) is 0 Å². The van der Waals surface area contributed by atoms with Gasteiger partial charge in [-0.05, 0) is 38.5 Å². The molecule has 104 valence electrons. The molecular formula is C13H17NO5. The number of phenols is 1. The Bertz CT molecular complexity index is 478. The maximum atomic E-state index is 11.6. The van der Waals surface area contributed by atoms with Gasteiger partial charge in [0.25, 0.3) is 0 Å². The van der Waals surface area contributed by atoms with E-state index in [0.717, 1.165) is 0 Å². The van der Waals surface area contributed by atoms with Gasteiger partial charge in [-0.15, -0.1) is 0 Å². The number of phenolic OH excluding ortho intramolecular Hbond substituents is 1. The van der Waals surface area contributed by atoms with Crippen LogP contribution in [0.3, 0.4) is 0 Å². The lowest BCUT2D eigenvalue weighted by Crippen LogP contribution is -2.38. The quantitative estimate of drug-likeness (QED) is 0.778. The summed E-state index contributed by atoms with van der Waals surface area (Å²) in [5, 5.41) is 20.7. The van der Waals surface area contributed by atoms with E-state index in [4.69, 9.17) is 9.84 Å². The molecule has 0 saturated carbocycles. The predicted octanol–water partition coefficient (Wildman–Crippen LogP) is 2.04. The number of alkyl carbamates (subject to hydrolysis) is 1. The number of ether oxygens (including phenoxy) is 1. The molecule has 0 bridgehead atoms. The van der Waals surface area contributed by atoms with Gasteiger partial charge < -0.3 is 20.3 Å². The molecule has 0 aliphatic rings. The van der Waals surface area contributed by atoms with E-state index in [2.05, 4.69) is 5.32 Å². The van der Waals surface area contributed by atoms with Crippen LogP contribution in [-0.4, -0.2) is 27.9 Å². The highest BCUT2D eigenvalue weighted by Crippen LogP contribution is 2.19. The molecule has 0 aromatic heterocycles. The van der Waals surface area contributed by atoms with Crippen molar-refractivity contribution >= 4 is 12.1 Å². The summed E-state index contributed by atoms with van der Waals surface area (Å²) in [5.74, 6) is -1.31. The van der Waals surface area contributed by atoms with Crippen molar-refractivity contribution in [2.45, 2.75) is 32.4 Å². The molecule has 1 rings (SSSR count). The molecule has 0 radical (unpaired) electrons. The van der Waals surface area contributed by atoms with Crippen molar-refractivity contribution in [1.82, 2.24) is 5.32 Å². The minimum Gasteiger partial charge on any atom is -0.508 e. The van der Waals surface area contributed by atoms with E-state index in [0.29, 0.717) is 0 Å². The lowest BCUT2D eigenvalue weighted by atomic mass is 10.1. The monoisotopic (exact) mass is 267 g/mol. The number of nitrogens with one attached hydrogen (secondary N) is 1. The van der Waals surface area contributed by atoms with Crippen molar-refractivity contribution < 1.29 is 24.5 Å². The number of hydrogen-bond acceptors (Lipinski definition) is 4. The van der Waals surface area contributed by atoms with E-state index < -0.39 is 23.7 Å². The minimum atomic E-state index is -1.28. The Labute approximate surface area is 111 Å². The average Bonchev–Trinajstić information content (AvgIpc) is 2.23. The van der Waals surface area contributed by atoms with Crippen molar-refractivity contribution in [1.29, 1.82) is 0 Å². The number of carbonyl (C=O) groups excluding carboxylic acids is 1. The molecule has 1 atom stereocenters. The second-order valence-corrected chi connectivity index (χ2v) is 5.01. The highest BCUT2D eigenvalue weighted by molar-refractivity contribution is 5.81. The van der Waals surface area contributed by atoms with Gasteiger partial charge in [-0.1, -0.05) is 12.1 Å². The maximum Gasteiger partial charge on any atom is 0.408 e. The Morgan fingerprint density at radius 1 is 1.32 bits per heavy atom. The first-order valence-electron chi connectivity index (χ1n) is 5.70. The normalized spacial score (nSPS) is 12.6. The third-order valence-electron chi connectivity index (χ3n) is 2.11. The van der Waals surface area contributed by atoms with E-state index in [1.807, 2.05) is 0 Å². The molecular weight excluding hydrogens is 250 g/mol. The SMILES string of the molecule is CC(C)(C)OC(=O)N[C@@H](C(=O)O)c1cccc(O)c1. The minimum absolute atomic E-state index is 0.0743. The lowest BCUT2D eigenvalue weighted by molar-refractivity contribution is -0.139. The summed E-state index contributed by atoms with van der Waals surface area (Å²) in [6.07, 6.45) is -0.830. The largest absolute Gasteiger partial charge is 0.508 e. The Morgan fingerprint density at radius 3 is 2.42 bits per heavy atom. The number of benzene rings is 1. The molecule has 0 unspecified atom stereocenters. The zero-order valence-electron chi connectivity index (χ0n) is 11.0. The van der Waals surface area contributed by atoms with Crippen molar-refractivity contribution in [3.8, 4) is 5.75 Å². The van der Waals surface area contributed by atoms with Gasteiger partial charge in [0, 0.05) is 0 Å². The Balaban J connectivity index is 2.85. The van der Waals surface area contributed by atoms with Crippen LogP contribution in [0.15, 0.2) is 24.3 Å². The van der Waals surface area contributed by atoms with Gasteiger partial charge in [-0.3, -0.25) is 0 Å². The fourth-order valence-electron chi connectivity index (χ4n) is 1.42. The second-order valence-electron chi connectivity index (χ2n) is 5.01. The van der Waals surface area contributed by atoms with Gasteiger partial charge in [0.05, 0.1) is 0 Å². The van der Waals surface area contributed by atoms with Gasteiger partial charge in [0.2, 0.25) is 0 Å². The summed E-state index contributed by atoms with van der Waals surface area (Å²) >= 11 is 0. The van der Waals surface area contributed by atoms with Crippen LogP contribution in [0.5, 0.6) is 5.75 Å². The van der Waals surface area contributed by atoms with E-state index in [9.17, 15) is 14.7 Å². The third-order valence-corrected chi connectivity index (χ3v) is 2.11. The summed E-state index contributed by atoms with van der Waals surface area (Å²) < 4.78 is 4.99. The molecule has 0 heterocycles. The first kappa shape index (κ1) is 14.8. The molecule has 6 nitrogen and oxygen atoms in total. The van der Waals surface area contributed by atoms with Gasteiger partial charge in [-0.2, -0.15) is 0 Å². The maximum absolute atomic E-state index is 11.6. The van der Waals surface area contributed by atoms with Gasteiger partial charge in [0.15, 0.2) is 6.04 Å². The number of carbonyl (C=O) groups is 2. The Kier molecular flexibility index (Phi) is 4.37. The number of amides is 1. The van der Waals surface area contributed by atoms with Gasteiger partial charge >= 0.3 is 12.1 Å². The lowest BCUT2D eigenvalue weighted by Gasteiger charge is -2.22. The second kappa shape index (κ2) is 5.60. The highest BCUT2D eigenvalue weighted by atomic mass is 16.6. The van der Waals surface area contributed by atoms with E-state index in [1.165, 1.54) is 24.3 Å². The van der Waals surface area contributed by atoms with Crippen molar-refractivity contribution in [2.75, 3.05) is 0 Å². The van der Waals surface area contributed by atoms with Crippen LogP contribution in [0.2, 0.25) is 0 Å². The molecule has 1 aromatic rings. The molecule has 0 aliphatic carbocycles. The van der Waals surface area contributed by atoms with E-state index >= 15 is 0 Å². The molecule has 1 amide bonds. The number of rotatable bonds is 3. The number of carboxylic acids is 1. The molecule has 3 N–H and O–H groups in total. The number of aromatic hydroxyl groups is 1. The van der Waals surface area contributed by atoms with E-state index in [-0.39, 0.29) is 11.3 Å². The molecule has 0 aliphatic heterocycles. The smallest absolute Gasteiger partial charge is 0.408 e. The molecule has 0 spiro atoms. The van der Waals surface area contributed by atoms with Crippen LogP contribution >= 0.6 is 0 Å². The first-order chi connectivity index (χ1) is 8.69. The Morgan fingerprint density at radius 2 is 1.95 bits per heavy atom. The molecule has 0 saturated heterocycles. The standard InChI is InChI=1S/C13H17NO5/c1-13(2,3)19-12(18)14-10(11(16)17)8-5-4-6-9(15)7-8/h4-7,10,15H,1-3H3,(H,14,18)(H,16,17)/t10-/m1/s1. The molecule has 6 heteroatoms. The van der Waals surface area contributed by atoms with Crippen LogP contribution < -0.4 is 5.32 Å². The Hall–Kier alpha value is -2.24. The van der Waals surface area contributed by atoms with Gasteiger partial charge in [-0.25, -0.2) is 9.59 Å². The van der Waals surface area contributed by atoms with Gasteiger partial charge in [0.1, 0.15) is 11.4 Å². The zero-order valence-corrected chi connectivity index (χ0v) is 11.0. The third kappa shape index (κ3) is 4.87. The number of carboxylic acid groups (broad SMARTS) is 1. The number of hydrogen-bond donors (Lipinski definition) is 3.